The molecule has 0 amide bonds. The number of rotatable bonds is 3. The van der Waals surface area contributed by atoms with Crippen LogP contribution in [0.25, 0.3) is 0 Å². The first kappa shape index (κ1) is 23.9. The molecule has 4 aliphatic carbocycles. The highest BCUT2D eigenvalue weighted by molar-refractivity contribution is 5.93. The largest absolute Gasteiger partial charge is 0.459 e. The lowest BCUT2D eigenvalue weighted by atomic mass is 9.50. The Hall–Kier alpha value is -1.83. The van der Waals surface area contributed by atoms with Crippen molar-refractivity contribution in [2.45, 2.75) is 77.3 Å². The molecule has 5 rings (SSSR count). The van der Waals surface area contributed by atoms with Crippen molar-refractivity contribution in [1.29, 1.82) is 0 Å². The molecule has 3 N–H and O–H groups in total. The van der Waals surface area contributed by atoms with Crippen LogP contribution in [0, 0.1) is 46.8 Å². The summed E-state index contributed by atoms with van der Waals surface area (Å²) in [4.78, 5) is 38.7. The molecule has 2 saturated carbocycles. The molecule has 1 aliphatic heterocycles. The van der Waals surface area contributed by atoms with Gasteiger partial charge in [-0.2, -0.15) is 0 Å². The molecule has 1 saturated heterocycles. The molecule has 3 fully saturated rings. The maximum absolute atomic E-state index is 13.6. The number of cyclic esters (lactones) is 1. The van der Waals surface area contributed by atoms with Gasteiger partial charge < -0.3 is 20.1 Å². The van der Waals surface area contributed by atoms with E-state index in [4.69, 9.17) is 4.74 Å². The van der Waals surface area contributed by atoms with Crippen LogP contribution < -0.4 is 0 Å². The summed E-state index contributed by atoms with van der Waals surface area (Å²) < 4.78 is 5.39. The van der Waals surface area contributed by atoms with Gasteiger partial charge in [-0.1, -0.05) is 32.1 Å². The van der Waals surface area contributed by atoms with E-state index in [0.29, 0.717) is 12.8 Å². The third-order valence-corrected chi connectivity index (χ3v) is 10.3. The van der Waals surface area contributed by atoms with Gasteiger partial charge in [0.25, 0.3) is 0 Å². The van der Waals surface area contributed by atoms with Crippen LogP contribution in [0.3, 0.4) is 0 Å². The summed E-state index contributed by atoms with van der Waals surface area (Å²) in [5.74, 6) is -2.80. The van der Waals surface area contributed by atoms with E-state index in [1.165, 1.54) is 6.92 Å². The van der Waals surface area contributed by atoms with Gasteiger partial charge in [-0.3, -0.25) is 14.4 Å². The summed E-state index contributed by atoms with van der Waals surface area (Å²) in [6, 6.07) is 0. The molecule has 1 unspecified atom stereocenters. The topological polar surface area (TPSA) is 121 Å². The molecular formula is C27H36O7. The van der Waals surface area contributed by atoms with Crippen LogP contribution in [0.4, 0.5) is 0 Å². The number of fused-ring (bicyclic) bond motifs is 5. The molecule has 0 radical (unpaired) electrons. The van der Waals surface area contributed by atoms with Crippen LogP contribution in [-0.4, -0.2) is 56.8 Å². The second-order valence-corrected chi connectivity index (χ2v) is 11.8. The van der Waals surface area contributed by atoms with Crippen molar-refractivity contribution in [1.82, 2.24) is 0 Å². The summed E-state index contributed by atoms with van der Waals surface area (Å²) >= 11 is 0. The lowest BCUT2D eigenvalue weighted by Crippen LogP contribution is -2.59. The first-order valence-electron chi connectivity index (χ1n) is 12.6. The standard InChI is InChI=1S/C27H36O7/c1-12-13(2)25(32)34-23(12)24(31)27(4,33)22-19(29)10-16-15-9-8-14-6-5-7-20(30)26(14,3)17(15)11-18(28)21(16)22/h5-6,8,12-13,15-17,19,21-24,29,31,33H,7,9-11H2,1-4H3/t12-,13-,15+,16+,17+,19+,21-,22+,23?,24+,26+,27-/m1/s1. The Labute approximate surface area is 200 Å². The van der Waals surface area contributed by atoms with Gasteiger partial charge in [0.15, 0.2) is 0 Å². The molecule has 186 valence electrons. The fraction of sp³-hybridized carbons (Fsp3) is 0.741. The molecule has 1 heterocycles. The van der Waals surface area contributed by atoms with Crippen molar-refractivity contribution in [2.75, 3.05) is 0 Å². The number of hydrogen-bond acceptors (Lipinski definition) is 7. The van der Waals surface area contributed by atoms with Gasteiger partial charge in [0.2, 0.25) is 0 Å². The van der Waals surface area contributed by atoms with Gasteiger partial charge in [-0.15, -0.1) is 0 Å². The van der Waals surface area contributed by atoms with Crippen molar-refractivity contribution in [2.24, 2.45) is 46.8 Å². The van der Waals surface area contributed by atoms with Gasteiger partial charge in [0.05, 0.1) is 23.0 Å². The molecule has 0 aromatic carbocycles. The zero-order valence-corrected chi connectivity index (χ0v) is 20.3. The second kappa shape index (κ2) is 7.84. The van der Waals surface area contributed by atoms with Crippen LogP contribution >= 0.6 is 0 Å². The molecule has 0 aromatic rings. The lowest BCUT2D eigenvalue weighted by Gasteiger charge is -2.52. The number of aliphatic hydroxyl groups is 3. The van der Waals surface area contributed by atoms with Crippen LogP contribution in [0.15, 0.2) is 23.8 Å². The SMILES string of the molecule is C[C@H]1C(=O)OC([C@H](O)[C@](C)(O)[C@@H]2[C@H]3C(=O)C[C@H]4[C@@H](CC=C5C=CCC(=O)[C@@]54C)[C@@H]3C[C@@H]2O)[C@@H]1C. The second-order valence-electron chi connectivity index (χ2n) is 11.8. The zero-order chi connectivity index (χ0) is 24.7. The highest BCUT2D eigenvalue weighted by Crippen LogP contribution is 2.61. The van der Waals surface area contributed by atoms with Crippen LogP contribution in [0.1, 0.15) is 53.4 Å². The molecule has 34 heavy (non-hydrogen) atoms. The maximum atomic E-state index is 13.6. The Morgan fingerprint density at radius 2 is 1.91 bits per heavy atom. The molecule has 5 aliphatic rings. The van der Waals surface area contributed by atoms with Crippen molar-refractivity contribution in [3.63, 3.8) is 0 Å². The van der Waals surface area contributed by atoms with Crippen molar-refractivity contribution in [3.8, 4) is 0 Å². The molecule has 12 atom stereocenters. The third-order valence-electron chi connectivity index (χ3n) is 10.3. The van der Waals surface area contributed by atoms with E-state index < -0.39 is 53.1 Å². The van der Waals surface area contributed by atoms with E-state index in [1.807, 2.05) is 19.1 Å². The number of carbonyl (C=O) groups is 3. The van der Waals surface area contributed by atoms with E-state index >= 15 is 0 Å². The molecule has 0 bridgehead atoms. The predicted octanol–water partition coefficient (Wildman–Crippen LogP) is 1.98. The number of Topliss-reactive ketones (excluding diaryl/α,β-unsaturated/α-hetero) is 2. The minimum atomic E-state index is -1.83. The highest BCUT2D eigenvalue weighted by atomic mass is 16.6. The van der Waals surface area contributed by atoms with E-state index in [0.717, 1.165) is 12.0 Å². The summed E-state index contributed by atoms with van der Waals surface area (Å²) in [5, 5.41) is 33.9. The number of ketones is 2. The van der Waals surface area contributed by atoms with Gasteiger partial charge >= 0.3 is 5.97 Å². The average molecular weight is 473 g/mol. The van der Waals surface area contributed by atoms with E-state index in [2.05, 4.69) is 6.08 Å². The van der Waals surface area contributed by atoms with Gasteiger partial charge in [0, 0.05) is 30.6 Å². The maximum Gasteiger partial charge on any atom is 0.309 e. The number of ether oxygens (including phenoxy) is 1. The average Bonchev–Trinajstić information content (AvgIpc) is 3.27. The predicted molar refractivity (Wildman–Crippen MR) is 122 cm³/mol. The lowest BCUT2D eigenvalue weighted by molar-refractivity contribution is -0.185. The molecule has 7 nitrogen and oxygen atoms in total. The quantitative estimate of drug-likeness (QED) is 0.537. The van der Waals surface area contributed by atoms with Crippen LogP contribution in [0.5, 0.6) is 0 Å². The summed E-state index contributed by atoms with van der Waals surface area (Å²) in [7, 11) is 0. The van der Waals surface area contributed by atoms with Gasteiger partial charge in [0.1, 0.15) is 23.8 Å². The first-order chi connectivity index (χ1) is 15.9. The van der Waals surface area contributed by atoms with E-state index in [9.17, 15) is 29.7 Å². The van der Waals surface area contributed by atoms with Crippen molar-refractivity contribution >= 4 is 17.5 Å². The Kier molecular flexibility index (Phi) is 5.51. The van der Waals surface area contributed by atoms with Gasteiger partial charge in [-0.25, -0.2) is 0 Å². The Bertz CT molecular complexity index is 979. The number of allylic oxidation sites excluding steroid dienone is 4. The molecule has 0 spiro atoms. The summed E-state index contributed by atoms with van der Waals surface area (Å²) in [6.45, 7) is 6.93. The number of carbonyl (C=O) groups excluding carboxylic acids is 3. The number of esters is 1. The number of aliphatic hydroxyl groups excluding tert-OH is 2. The van der Waals surface area contributed by atoms with Crippen LogP contribution in [-0.2, 0) is 19.1 Å². The first-order valence-corrected chi connectivity index (χ1v) is 12.6. The normalized spacial score (nSPS) is 48.4. The molecule has 7 heteroatoms. The Morgan fingerprint density at radius 1 is 1.21 bits per heavy atom. The minimum Gasteiger partial charge on any atom is -0.459 e. The zero-order valence-electron chi connectivity index (χ0n) is 20.3. The fourth-order valence-electron chi connectivity index (χ4n) is 8.02. The summed E-state index contributed by atoms with van der Waals surface area (Å²) in [6.07, 6.45) is 4.33. The molecule has 0 aromatic heterocycles. The fourth-order valence-corrected chi connectivity index (χ4v) is 8.02. The summed E-state index contributed by atoms with van der Waals surface area (Å²) in [5.41, 5.74) is -1.54. The van der Waals surface area contributed by atoms with Crippen molar-refractivity contribution in [3.05, 3.63) is 23.8 Å². The van der Waals surface area contributed by atoms with Crippen LogP contribution in [0.2, 0.25) is 0 Å². The minimum absolute atomic E-state index is 0.0442. The number of hydrogen-bond donors (Lipinski definition) is 3. The highest BCUT2D eigenvalue weighted by Gasteiger charge is 2.65. The van der Waals surface area contributed by atoms with Gasteiger partial charge in [-0.05, 0) is 50.0 Å². The van der Waals surface area contributed by atoms with E-state index in [1.54, 1.807) is 13.8 Å². The monoisotopic (exact) mass is 472 g/mol. The Morgan fingerprint density at radius 3 is 2.56 bits per heavy atom. The third kappa shape index (κ3) is 3.09. The Balaban J connectivity index is 1.46. The smallest absolute Gasteiger partial charge is 0.309 e. The van der Waals surface area contributed by atoms with E-state index in [-0.39, 0.29) is 41.7 Å². The molecular weight excluding hydrogens is 436 g/mol. The van der Waals surface area contributed by atoms with Crippen molar-refractivity contribution < 1.29 is 34.4 Å².